The third-order valence-corrected chi connectivity index (χ3v) is 4.79. The molecule has 2 heterocycles. The van der Waals surface area contributed by atoms with Gasteiger partial charge in [0.25, 0.3) is 0 Å². The molecule has 2 aliphatic heterocycles. The van der Waals surface area contributed by atoms with E-state index in [1.807, 2.05) is 6.92 Å². The van der Waals surface area contributed by atoms with Gasteiger partial charge in [-0.1, -0.05) is 26.7 Å². The largest absolute Gasteiger partial charge is 0.342 e. The number of amides is 2. The maximum absolute atomic E-state index is 12.5. The Morgan fingerprint density at radius 3 is 2.75 bits per heavy atom. The summed E-state index contributed by atoms with van der Waals surface area (Å²) in [6.07, 6.45) is 4.47. The predicted octanol–water partition coefficient (Wildman–Crippen LogP) is 0.844. The Morgan fingerprint density at radius 1 is 1.35 bits per heavy atom. The number of piperidine rings is 1. The minimum atomic E-state index is -0.338. The minimum absolute atomic E-state index is 0.0200. The van der Waals surface area contributed by atoms with Crippen molar-refractivity contribution in [1.29, 1.82) is 0 Å². The van der Waals surface area contributed by atoms with Crippen molar-refractivity contribution in [3.63, 3.8) is 0 Å². The van der Waals surface area contributed by atoms with Crippen molar-refractivity contribution in [2.45, 2.75) is 51.6 Å². The minimum Gasteiger partial charge on any atom is -0.342 e. The zero-order valence-electron chi connectivity index (χ0n) is 12.9. The van der Waals surface area contributed by atoms with Crippen LogP contribution < -0.4 is 5.32 Å². The third-order valence-electron chi connectivity index (χ3n) is 4.79. The second kappa shape index (κ2) is 6.57. The Balaban J connectivity index is 2.02. The molecule has 0 aromatic heterocycles. The molecule has 5 heteroatoms. The quantitative estimate of drug-likeness (QED) is 0.831. The van der Waals surface area contributed by atoms with Crippen LogP contribution in [0.5, 0.6) is 0 Å². The molecule has 2 rings (SSSR count). The van der Waals surface area contributed by atoms with Crippen LogP contribution in [0.3, 0.4) is 0 Å². The first-order valence-corrected chi connectivity index (χ1v) is 7.81. The zero-order chi connectivity index (χ0) is 14.7. The van der Waals surface area contributed by atoms with Crippen molar-refractivity contribution in [2.75, 3.05) is 26.7 Å². The number of carbonyl (C=O) groups is 2. The number of nitrogens with zero attached hydrogens (tertiary/aromatic N) is 2. The van der Waals surface area contributed by atoms with Crippen molar-refractivity contribution < 1.29 is 9.59 Å². The molecule has 2 saturated heterocycles. The fraction of sp³-hybridized carbons (Fsp3) is 0.867. The van der Waals surface area contributed by atoms with Crippen LogP contribution in [0.15, 0.2) is 0 Å². The molecule has 0 aromatic carbocycles. The molecule has 1 N–H and O–H groups in total. The number of hydrogen-bond acceptors (Lipinski definition) is 3. The lowest BCUT2D eigenvalue weighted by Gasteiger charge is -2.40. The topological polar surface area (TPSA) is 52.7 Å². The van der Waals surface area contributed by atoms with E-state index >= 15 is 0 Å². The molecule has 20 heavy (non-hydrogen) atoms. The van der Waals surface area contributed by atoms with Gasteiger partial charge < -0.3 is 15.1 Å². The molecule has 0 aliphatic carbocycles. The highest BCUT2D eigenvalue weighted by Crippen LogP contribution is 2.19. The zero-order valence-corrected chi connectivity index (χ0v) is 12.9. The average Bonchev–Trinajstić information content (AvgIpc) is 2.44. The summed E-state index contributed by atoms with van der Waals surface area (Å²) in [5, 5.41) is 2.85. The summed E-state index contributed by atoms with van der Waals surface area (Å²) in [4.78, 5) is 28.5. The molecule has 2 aliphatic rings. The molecule has 0 aromatic rings. The average molecular weight is 281 g/mol. The van der Waals surface area contributed by atoms with Gasteiger partial charge in [0, 0.05) is 12.6 Å². The lowest BCUT2D eigenvalue weighted by Crippen LogP contribution is -2.62. The molecule has 0 saturated carbocycles. The van der Waals surface area contributed by atoms with E-state index in [2.05, 4.69) is 24.2 Å². The van der Waals surface area contributed by atoms with E-state index in [1.54, 1.807) is 4.90 Å². The smallest absolute Gasteiger partial charge is 0.245 e. The van der Waals surface area contributed by atoms with E-state index in [0.29, 0.717) is 12.6 Å². The summed E-state index contributed by atoms with van der Waals surface area (Å²) >= 11 is 0. The van der Waals surface area contributed by atoms with Gasteiger partial charge >= 0.3 is 0 Å². The van der Waals surface area contributed by atoms with Gasteiger partial charge in [-0.15, -0.1) is 0 Å². The lowest BCUT2D eigenvalue weighted by atomic mass is 9.95. The molecule has 5 nitrogen and oxygen atoms in total. The van der Waals surface area contributed by atoms with Crippen LogP contribution in [0.25, 0.3) is 0 Å². The number of carbonyl (C=O) groups excluding carboxylic acids is 2. The summed E-state index contributed by atoms with van der Waals surface area (Å²) in [7, 11) is 2.12. The molecular formula is C15H27N3O2. The van der Waals surface area contributed by atoms with Gasteiger partial charge in [0.1, 0.15) is 6.04 Å². The number of nitrogens with one attached hydrogen (secondary N) is 1. The summed E-state index contributed by atoms with van der Waals surface area (Å²) in [5.74, 6) is 0.268. The molecule has 0 spiro atoms. The monoisotopic (exact) mass is 281 g/mol. The van der Waals surface area contributed by atoms with E-state index in [9.17, 15) is 9.59 Å². The first kappa shape index (κ1) is 15.3. The Bertz CT molecular complexity index is 372. The lowest BCUT2D eigenvalue weighted by molar-refractivity contribution is -0.146. The Kier molecular flexibility index (Phi) is 5.02. The summed E-state index contributed by atoms with van der Waals surface area (Å²) in [5.41, 5.74) is 0. The van der Waals surface area contributed by atoms with Gasteiger partial charge in [-0.25, -0.2) is 0 Å². The predicted molar refractivity (Wildman–Crippen MR) is 78.2 cm³/mol. The third kappa shape index (κ3) is 3.32. The molecule has 3 atom stereocenters. The molecule has 2 amide bonds. The van der Waals surface area contributed by atoms with Crippen LogP contribution in [0.1, 0.15) is 39.5 Å². The number of rotatable bonds is 4. The fourth-order valence-corrected chi connectivity index (χ4v) is 3.13. The van der Waals surface area contributed by atoms with E-state index in [-0.39, 0.29) is 30.3 Å². The van der Waals surface area contributed by atoms with Crippen LogP contribution in [0, 0.1) is 5.92 Å². The molecule has 3 unspecified atom stereocenters. The van der Waals surface area contributed by atoms with Gasteiger partial charge in [0.05, 0.1) is 6.54 Å². The highest BCUT2D eigenvalue weighted by molar-refractivity contribution is 5.95. The van der Waals surface area contributed by atoms with E-state index < -0.39 is 0 Å². The fourth-order valence-electron chi connectivity index (χ4n) is 3.13. The van der Waals surface area contributed by atoms with Crippen molar-refractivity contribution >= 4 is 11.8 Å². The van der Waals surface area contributed by atoms with Crippen LogP contribution >= 0.6 is 0 Å². The van der Waals surface area contributed by atoms with Gasteiger partial charge in [-0.05, 0) is 32.4 Å². The highest BCUT2D eigenvalue weighted by atomic mass is 16.2. The number of likely N-dealkylation sites (N-methyl/N-ethyl adjacent to an activating group) is 1. The van der Waals surface area contributed by atoms with Crippen LogP contribution in [0.4, 0.5) is 0 Å². The van der Waals surface area contributed by atoms with Crippen LogP contribution in [-0.2, 0) is 9.59 Å². The standard InChI is InChI=1S/C15H27N3O2/c1-4-11(2)14-15(20)18(10-13(19)16-14)9-12-7-5-6-8-17(12)3/h11-12,14H,4-10H2,1-3H3,(H,16,19). The molecule has 0 bridgehead atoms. The van der Waals surface area contributed by atoms with Crippen molar-refractivity contribution in [3.8, 4) is 0 Å². The second-order valence-corrected chi connectivity index (χ2v) is 6.28. The number of piperazine rings is 1. The Morgan fingerprint density at radius 2 is 2.10 bits per heavy atom. The molecule has 114 valence electrons. The summed E-state index contributed by atoms with van der Waals surface area (Å²) in [6.45, 7) is 6.08. The van der Waals surface area contributed by atoms with Crippen molar-refractivity contribution in [2.24, 2.45) is 5.92 Å². The van der Waals surface area contributed by atoms with E-state index in [1.165, 1.54) is 12.8 Å². The number of hydrogen-bond donors (Lipinski definition) is 1. The second-order valence-electron chi connectivity index (χ2n) is 6.28. The molecule has 0 radical (unpaired) electrons. The van der Waals surface area contributed by atoms with Gasteiger partial charge in [-0.3, -0.25) is 9.59 Å². The summed E-state index contributed by atoms with van der Waals surface area (Å²) < 4.78 is 0. The normalized spacial score (nSPS) is 30.2. The van der Waals surface area contributed by atoms with Gasteiger partial charge in [0.2, 0.25) is 11.8 Å². The first-order valence-electron chi connectivity index (χ1n) is 7.81. The highest BCUT2D eigenvalue weighted by Gasteiger charge is 2.36. The van der Waals surface area contributed by atoms with Gasteiger partial charge in [0.15, 0.2) is 0 Å². The van der Waals surface area contributed by atoms with Gasteiger partial charge in [-0.2, -0.15) is 0 Å². The van der Waals surface area contributed by atoms with E-state index in [0.717, 1.165) is 19.4 Å². The first-order chi connectivity index (χ1) is 9.52. The maximum atomic E-state index is 12.5. The molecule has 2 fully saturated rings. The maximum Gasteiger partial charge on any atom is 0.245 e. The Labute approximate surface area is 121 Å². The van der Waals surface area contributed by atoms with Crippen molar-refractivity contribution in [1.82, 2.24) is 15.1 Å². The number of likely N-dealkylation sites (tertiary alicyclic amines) is 1. The molecular weight excluding hydrogens is 254 g/mol. The SMILES string of the molecule is CCC(C)C1NC(=O)CN(CC2CCCCN2C)C1=O. The van der Waals surface area contributed by atoms with Crippen LogP contribution in [0.2, 0.25) is 0 Å². The van der Waals surface area contributed by atoms with E-state index in [4.69, 9.17) is 0 Å². The Hall–Kier alpha value is -1.10. The summed E-state index contributed by atoms with van der Waals surface area (Å²) in [6, 6.07) is 0.0614. The van der Waals surface area contributed by atoms with Crippen LogP contribution in [-0.4, -0.2) is 60.4 Å². The van der Waals surface area contributed by atoms with Crippen molar-refractivity contribution in [3.05, 3.63) is 0 Å².